The lowest BCUT2D eigenvalue weighted by atomic mass is 9.87. The van der Waals surface area contributed by atoms with Crippen LogP contribution in [0.4, 0.5) is 0 Å². The molecular weight excluding hydrogens is 394 g/mol. The molecule has 1 N–H and O–H groups in total. The molecule has 31 heavy (non-hydrogen) atoms. The number of oxazole rings is 1. The lowest BCUT2D eigenvalue weighted by Crippen LogP contribution is -2.37. The third kappa shape index (κ3) is 6.17. The number of hydrogen-bond acceptors (Lipinski definition) is 5. The molecule has 1 fully saturated rings. The highest BCUT2D eigenvalue weighted by molar-refractivity contribution is 5.76. The first kappa shape index (κ1) is 23.5. The molecule has 0 amide bonds. The fraction of sp³-hybridized carbons (Fsp3) is 0.600. The van der Waals surface area contributed by atoms with Crippen molar-refractivity contribution < 1.29 is 23.8 Å². The van der Waals surface area contributed by atoms with E-state index in [9.17, 15) is 9.90 Å². The zero-order chi connectivity index (χ0) is 22.6. The van der Waals surface area contributed by atoms with Gasteiger partial charge < -0.3 is 19.0 Å². The Morgan fingerprint density at radius 3 is 2.61 bits per heavy atom. The van der Waals surface area contributed by atoms with Crippen molar-refractivity contribution in [2.75, 3.05) is 6.61 Å². The predicted octanol–water partition coefficient (Wildman–Crippen LogP) is 5.73. The van der Waals surface area contributed by atoms with Gasteiger partial charge in [0.1, 0.15) is 11.5 Å². The number of benzene rings is 1. The van der Waals surface area contributed by atoms with Crippen molar-refractivity contribution in [2.24, 2.45) is 5.92 Å². The van der Waals surface area contributed by atoms with Crippen LogP contribution in [0.2, 0.25) is 0 Å². The minimum Gasteiger partial charge on any atom is -0.479 e. The summed E-state index contributed by atoms with van der Waals surface area (Å²) in [5.41, 5.74) is 1.93. The Bertz CT molecular complexity index is 869. The topological polar surface area (TPSA) is 81.8 Å². The predicted molar refractivity (Wildman–Crippen MR) is 119 cm³/mol. The van der Waals surface area contributed by atoms with E-state index in [1.54, 1.807) is 13.8 Å². The smallest absolute Gasteiger partial charge is 0.335 e. The van der Waals surface area contributed by atoms with E-state index in [0.717, 1.165) is 42.7 Å². The van der Waals surface area contributed by atoms with E-state index in [1.807, 2.05) is 6.92 Å². The number of carboxylic acids is 1. The van der Waals surface area contributed by atoms with Crippen LogP contribution in [0.3, 0.4) is 0 Å². The van der Waals surface area contributed by atoms with Crippen molar-refractivity contribution in [3.05, 3.63) is 41.3 Å². The number of aromatic nitrogens is 1. The number of carbonyl (C=O) groups is 1. The van der Waals surface area contributed by atoms with Gasteiger partial charge in [0.15, 0.2) is 5.60 Å². The zero-order valence-electron chi connectivity index (χ0n) is 19.3. The SMILES string of the molecule is Cc1oc(-c2ccc(C(C)C)cc2)nc1CO[C@H]1CCCC(COC(C)(C)C(=O)O)C1. The van der Waals surface area contributed by atoms with Crippen LogP contribution in [-0.2, 0) is 20.9 Å². The van der Waals surface area contributed by atoms with E-state index in [2.05, 4.69) is 43.1 Å². The molecule has 1 heterocycles. The largest absolute Gasteiger partial charge is 0.479 e. The van der Waals surface area contributed by atoms with Crippen molar-refractivity contribution >= 4 is 5.97 Å². The first-order valence-electron chi connectivity index (χ1n) is 11.2. The maximum Gasteiger partial charge on any atom is 0.335 e. The van der Waals surface area contributed by atoms with Gasteiger partial charge in [0.25, 0.3) is 0 Å². The fourth-order valence-corrected chi connectivity index (χ4v) is 3.83. The van der Waals surface area contributed by atoms with Gasteiger partial charge in [-0.25, -0.2) is 9.78 Å². The highest BCUT2D eigenvalue weighted by Crippen LogP contribution is 2.30. The van der Waals surface area contributed by atoms with E-state index in [4.69, 9.17) is 13.9 Å². The summed E-state index contributed by atoms with van der Waals surface area (Å²) in [5.74, 6) is 1.27. The van der Waals surface area contributed by atoms with Gasteiger partial charge in [-0.05, 0) is 69.6 Å². The Labute approximate surface area is 185 Å². The highest BCUT2D eigenvalue weighted by Gasteiger charge is 2.31. The quantitative estimate of drug-likeness (QED) is 0.548. The molecule has 1 aromatic heterocycles. The molecule has 6 heteroatoms. The molecule has 1 aliphatic rings. The Kier molecular flexibility index (Phi) is 7.55. The number of rotatable bonds is 9. The average Bonchev–Trinajstić information content (AvgIpc) is 3.11. The number of aliphatic carboxylic acids is 1. The molecule has 1 aromatic carbocycles. The van der Waals surface area contributed by atoms with Gasteiger partial charge >= 0.3 is 5.97 Å². The first-order valence-corrected chi connectivity index (χ1v) is 11.2. The number of nitrogens with zero attached hydrogens (tertiary/aromatic N) is 1. The maximum absolute atomic E-state index is 11.2. The highest BCUT2D eigenvalue weighted by atomic mass is 16.5. The summed E-state index contributed by atoms with van der Waals surface area (Å²) < 4.78 is 17.7. The standard InChI is InChI=1S/C25H35NO5/c1-16(2)19-9-11-20(12-10-19)23-26-22(17(3)31-23)15-29-21-8-6-7-18(13-21)14-30-25(4,5)24(27)28/h9-12,16,18,21H,6-8,13-15H2,1-5H3,(H,27,28)/t18?,21-/m0/s1. The Morgan fingerprint density at radius 2 is 1.97 bits per heavy atom. The molecule has 0 saturated heterocycles. The van der Waals surface area contributed by atoms with Gasteiger partial charge in [0.2, 0.25) is 5.89 Å². The van der Waals surface area contributed by atoms with Gasteiger partial charge in [-0.3, -0.25) is 0 Å². The normalized spacial score (nSPS) is 19.7. The van der Waals surface area contributed by atoms with Crippen LogP contribution in [-0.4, -0.2) is 34.4 Å². The molecule has 2 atom stereocenters. The summed E-state index contributed by atoms with van der Waals surface area (Å²) in [6.45, 7) is 10.3. The first-order chi connectivity index (χ1) is 14.7. The lowest BCUT2D eigenvalue weighted by Gasteiger charge is -2.31. The Hall–Kier alpha value is -2.18. The maximum atomic E-state index is 11.2. The number of ether oxygens (including phenoxy) is 2. The zero-order valence-corrected chi connectivity index (χ0v) is 19.3. The second kappa shape index (κ2) is 9.96. The van der Waals surface area contributed by atoms with Crippen LogP contribution in [0, 0.1) is 12.8 Å². The van der Waals surface area contributed by atoms with Crippen molar-refractivity contribution in [3.63, 3.8) is 0 Å². The van der Waals surface area contributed by atoms with Gasteiger partial charge in [-0.15, -0.1) is 0 Å². The van der Waals surface area contributed by atoms with Crippen LogP contribution in [0.15, 0.2) is 28.7 Å². The third-order valence-electron chi connectivity index (χ3n) is 6.10. The second-order valence-corrected chi connectivity index (χ2v) is 9.39. The van der Waals surface area contributed by atoms with Crippen molar-refractivity contribution in [2.45, 2.75) is 84.5 Å². The van der Waals surface area contributed by atoms with Crippen molar-refractivity contribution in [1.82, 2.24) is 4.98 Å². The minimum atomic E-state index is -1.16. The number of aryl methyl sites for hydroxylation is 1. The van der Waals surface area contributed by atoms with E-state index in [1.165, 1.54) is 5.56 Å². The van der Waals surface area contributed by atoms with E-state index in [-0.39, 0.29) is 6.10 Å². The molecule has 1 saturated carbocycles. The molecule has 2 aromatic rings. The van der Waals surface area contributed by atoms with E-state index in [0.29, 0.717) is 30.9 Å². The minimum absolute atomic E-state index is 0.125. The van der Waals surface area contributed by atoms with Gasteiger partial charge in [-0.1, -0.05) is 32.4 Å². The van der Waals surface area contributed by atoms with E-state index < -0.39 is 11.6 Å². The fourth-order valence-electron chi connectivity index (χ4n) is 3.83. The monoisotopic (exact) mass is 429 g/mol. The molecule has 0 bridgehead atoms. The summed E-state index contributed by atoms with van der Waals surface area (Å²) in [4.78, 5) is 15.9. The third-order valence-corrected chi connectivity index (χ3v) is 6.10. The summed E-state index contributed by atoms with van der Waals surface area (Å²) in [7, 11) is 0. The molecular formula is C25H35NO5. The average molecular weight is 430 g/mol. The van der Waals surface area contributed by atoms with Gasteiger partial charge in [-0.2, -0.15) is 0 Å². The summed E-state index contributed by atoms with van der Waals surface area (Å²) in [6, 6.07) is 8.34. The van der Waals surface area contributed by atoms with Crippen molar-refractivity contribution in [3.8, 4) is 11.5 Å². The van der Waals surface area contributed by atoms with Crippen LogP contribution < -0.4 is 0 Å². The molecule has 170 valence electrons. The Balaban J connectivity index is 1.54. The molecule has 0 radical (unpaired) electrons. The number of carboxylic acid groups (broad SMARTS) is 1. The Morgan fingerprint density at radius 1 is 1.26 bits per heavy atom. The summed E-state index contributed by atoms with van der Waals surface area (Å²) in [6.07, 6.45) is 4.09. The molecule has 0 spiro atoms. The molecule has 0 aliphatic heterocycles. The van der Waals surface area contributed by atoms with Crippen LogP contribution in [0.1, 0.15) is 76.3 Å². The summed E-state index contributed by atoms with van der Waals surface area (Å²) in [5, 5.41) is 9.22. The molecule has 1 unspecified atom stereocenters. The second-order valence-electron chi connectivity index (χ2n) is 9.39. The van der Waals surface area contributed by atoms with Gasteiger partial charge in [0.05, 0.1) is 19.3 Å². The molecule has 6 nitrogen and oxygen atoms in total. The van der Waals surface area contributed by atoms with Gasteiger partial charge in [0, 0.05) is 5.56 Å². The molecule has 3 rings (SSSR count). The van der Waals surface area contributed by atoms with Crippen LogP contribution in [0.5, 0.6) is 0 Å². The van der Waals surface area contributed by atoms with E-state index >= 15 is 0 Å². The summed E-state index contributed by atoms with van der Waals surface area (Å²) >= 11 is 0. The lowest BCUT2D eigenvalue weighted by molar-refractivity contribution is -0.163. The van der Waals surface area contributed by atoms with Crippen LogP contribution >= 0.6 is 0 Å². The van der Waals surface area contributed by atoms with Crippen LogP contribution in [0.25, 0.3) is 11.5 Å². The van der Waals surface area contributed by atoms with Crippen molar-refractivity contribution in [1.29, 1.82) is 0 Å². The molecule has 1 aliphatic carbocycles. The number of hydrogen-bond donors (Lipinski definition) is 1.